The van der Waals surface area contributed by atoms with Crippen LogP contribution in [0.4, 0.5) is 17.1 Å². The molecule has 0 radical (unpaired) electrons. The van der Waals surface area contributed by atoms with Crippen LogP contribution in [0.2, 0.25) is 0 Å². The van der Waals surface area contributed by atoms with Gasteiger partial charge in [0.2, 0.25) is 0 Å². The third-order valence-corrected chi connectivity index (χ3v) is 66.9. The number of fused-ring (bicyclic) bond motifs is 28. The fourth-order valence-electron chi connectivity index (χ4n) is 35.7. The van der Waals surface area contributed by atoms with Crippen molar-refractivity contribution in [2.45, 2.75) is 6.92 Å². The number of nitrogens with zero attached hydrogens (tertiary/aromatic N) is 4. The number of hydrogen-bond acceptors (Lipinski definition) is 7. The summed E-state index contributed by atoms with van der Waals surface area (Å²) in [5.41, 5.74) is 37.2. The van der Waals surface area contributed by atoms with Crippen LogP contribution >= 0.6 is 19.2 Å². The van der Waals surface area contributed by atoms with E-state index in [1.165, 1.54) is 193 Å². The van der Waals surface area contributed by atoms with E-state index in [0.29, 0.717) is 0 Å². The van der Waals surface area contributed by atoms with Crippen molar-refractivity contribution < 1.29 is 18.9 Å². The molecule has 0 aliphatic carbocycles. The summed E-state index contributed by atoms with van der Waals surface area (Å²) in [5, 5.41) is 29.1. The van der Waals surface area contributed by atoms with Crippen LogP contribution in [0.1, 0.15) is 5.56 Å². The molecule has 0 saturated carbocycles. The fraction of sp³-hybridized carbons (Fsp3) is 0.00870. The number of rotatable bonds is 9. The van der Waals surface area contributed by atoms with Gasteiger partial charge in [0.1, 0.15) is 11.5 Å². The van der Waals surface area contributed by atoms with E-state index in [-0.39, 0.29) is 48.0 Å². The Balaban J connectivity index is 0.0000000799. The number of benzene rings is 19. The molecule has 3 N–H and O–H groups in total. The van der Waals surface area contributed by atoms with Gasteiger partial charge < -0.3 is 9.30 Å². The molecule has 43 rings (SSSR count). The molecule has 4 aromatic heterocycles. The van der Waals surface area contributed by atoms with Crippen molar-refractivity contribution in [3.8, 4) is 68.7 Å². The molecule has 19 aromatic carbocycles. The van der Waals surface area contributed by atoms with E-state index >= 15 is 0 Å². The minimum absolute atomic E-state index is 0.166. The zero-order valence-electron chi connectivity index (χ0n) is 80.0. The standard InChI is InChI=1S/3C30H21B5N2OP.C25H16BNO/c1-2-9-19(10-3-1)36-39(33-31-34(39)35(33)39)20-17-22-21-11-4-6-13-25(21)37-26-14-8-16-28-29(26)32(24(18-20)30(22)37)23-12-5-7-15-27(23)38-28;1-2-9-19(10-3-1)36-39(33-31-34(39)35(33)39)27-18-17-21-20-11-4-6-13-23(20)37-24-14-8-16-26-28(24)32(29(27)30(21)37)22-12-5-7-15-25(22)38-26;1-2-9-19(10-3-1)36-39(33-31-34(39)35(33)39)27-18-17-22-30-28(27)20-11-4-6-13-23(20)37(30)24-14-8-16-26-29(24)32(22)21-12-5-7-15-25(21)38-26;1-15-7-4-8-16-17-9-5-11-19-25(17)27(24(15)16)20-12-6-14-22-23(20)26(19)18-10-2-3-13-21(18)28-22/h3*1-18,36H,31H2;2-14H,1H3/q3*-1;. The van der Waals surface area contributed by atoms with Crippen LogP contribution < -0.4 is 116 Å². The first kappa shape index (κ1) is 78.8. The van der Waals surface area contributed by atoms with Crippen LogP contribution in [0.15, 0.2) is 406 Å². The van der Waals surface area contributed by atoms with Crippen molar-refractivity contribution in [3.05, 3.63) is 412 Å². The molecule has 30 heteroatoms. The molecule has 664 valence electrons. The monoisotopic (exact) mass is 1890 g/mol. The number of anilines is 3. The Labute approximate surface area is 842 Å². The van der Waals surface area contributed by atoms with Crippen molar-refractivity contribution in [2.24, 2.45) is 0 Å². The Kier molecular flexibility index (Phi) is 14.3. The van der Waals surface area contributed by atoms with Crippen molar-refractivity contribution in [3.63, 3.8) is 0 Å². The first-order chi connectivity index (χ1) is 71.7. The van der Waals surface area contributed by atoms with Gasteiger partial charge in [-0.3, -0.25) is 0 Å². The van der Waals surface area contributed by atoms with E-state index in [2.05, 4.69) is 447 Å². The van der Waals surface area contributed by atoms with Gasteiger partial charge in [0.05, 0.1) is 5.52 Å². The number of hydrogen-bond donors (Lipinski definition) is 3. The number of ether oxygens (including phenoxy) is 4. The summed E-state index contributed by atoms with van der Waals surface area (Å²) >= 11 is 0. The predicted molar refractivity (Wildman–Crippen MR) is 640 cm³/mol. The van der Waals surface area contributed by atoms with Gasteiger partial charge >= 0.3 is 686 Å². The Morgan fingerprint density at radius 1 is 0.228 bits per heavy atom. The molecule has 20 aliphatic heterocycles. The molecule has 0 spiro atoms. The average Bonchev–Trinajstić information content (AvgIpc) is 1.36. The second-order valence-corrected chi connectivity index (χ2v) is 62.6. The molecule has 0 unspecified atom stereocenters. The van der Waals surface area contributed by atoms with Gasteiger partial charge in [-0.15, -0.1) is 0 Å². The van der Waals surface area contributed by atoms with E-state index in [0.717, 1.165) is 102 Å². The molecular weight excluding hydrogens is 1810 g/mol. The molecule has 0 atom stereocenters. The third kappa shape index (κ3) is 8.86. The van der Waals surface area contributed by atoms with Gasteiger partial charge in [0.15, 0.2) is 0 Å². The van der Waals surface area contributed by atoms with E-state index in [1.807, 2.05) is 0 Å². The van der Waals surface area contributed by atoms with Crippen LogP contribution in [0, 0.1) is 6.92 Å². The molecule has 12 saturated heterocycles. The quantitative estimate of drug-likeness (QED) is 0.0979. The minimum atomic E-state index is -2.18. The van der Waals surface area contributed by atoms with E-state index in [4.69, 9.17) is 18.9 Å². The molecule has 23 aromatic rings. The van der Waals surface area contributed by atoms with Gasteiger partial charge in [0.25, 0.3) is 6.71 Å². The number of para-hydroxylation sites is 12. The summed E-state index contributed by atoms with van der Waals surface area (Å²) in [6, 6.07) is 150. The van der Waals surface area contributed by atoms with Crippen molar-refractivity contribution in [1.82, 2.24) is 18.3 Å². The van der Waals surface area contributed by atoms with E-state index in [1.54, 1.807) is 21.4 Å². The SMILES string of the molecule is Cc1cccc2c3cccc4c3n(c12)-c1cccc2c1B4c1ccccc1O2.[BH2-]1B2B3B1P23(Nc1ccccc1)c1cc2c3c(c1)c1ccccc1n3-c1cccc3c1B2c1ccccc1O3.[BH2-]1B2B3B1P23(Nc1ccccc1)c1ccc2c3c1c1ccccc1n3-c1cccc3c1B2c1ccccc1O3.[BH2-]1B2B3B1P23(Nc1ccccc1)c1ccc2c3ccccc3n3c2c1B1c2ccccc2Oc2cccc-3c21. The molecular formula is C115H79B16N7O4P3-3. The normalized spacial score (nSPS) is 18.5. The van der Waals surface area contributed by atoms with Crippen molar-refractivity contribution >= 4 is 309 Å². The van der Waals surface area contributed by atoms with Crippen LogP contribution in [-0.4, -0.2) is 122 Å². The second kappa shape index (κ2) is 26.3. The van der Waals surface area contributed by atoms with Gasteiger partial charge in [0, 0.05) is 22.0 Å². The Morgan fingerprint density at radius 3 is 1.05 bits per heavy atom. The van der Waals surface area contributed by atoms with Crippen molar-refractivity contribution in [1.29, 1.82) is 0 Å². The van der Waals surface area contributed by atoms with Gasteiger partial charge in [-0.1, -0.05) is 60.7 Å². The summed E-state index contributed by atoms with van der Waals surface area (Å²) in [5.74, 6) is 7.91. The Hall–Kier alpha value is -14.7. The van der Waals surface area contributed by atoms with Gasteiger partial charge in [-0.2, -0.15) is 0 Å². The predicted octanol–water partition coefficient (Wildman–Crippen LogP) is 13.8. The maximum atomic E-state index is 6.61. The summed E-state index contributed by atoms with van der Waals surface area (Å²) < 4.78 is 36.1. The zero-order valence-corrected chi connectivity index (χ0v) is 82.6. The van der Waals surface area contributed by atoms with Gasteiger partial charge in [-0.05, 0) is 47.1 Å². The van der Waals surface area contributed by atoms with Gasteiger partial charge in [-0.25, -0.2) is 0 Å². The maximum absolute atomic E-state index is 6.61. The molecule has 145 heavy (non-hydrogen) atoms. The molecule has 6 bridgehead atoms. The van der Waals surface area contributed by atoms with E-state index < -0.39 is 19.2 Å². The Bertz CT molecular complexity index is 10000. The first-order valence-electron chi connectivity index (χ1n) is 53.1. The third-order valence-electron chi connectivity index (χ3n) is 41.6. The summed E-state index contributed by atoms with van der Waals surface area (Å²) in [6.45, 7) is 2.96. The van der Waals surface area contributed by atoms with Crippen LogP contribution in [0.25, 0.3) is 110 Å². The summed E-state index contributed by atoms with van der Waals surface area (Å²) in [4.78, 5) is 0. The topological polar surface area (TPSA) is 92.7 Å². The number of aryl methyl sites for hydroxylation is 1. The number of aromatic nitrogens is 4. The molecule has 0 amide bonds. The van der Waals surface area contributed by atoms with Crippen LogP contribution in [0.3, 0.4) is 0 Å². The Morgan fingerprint density at radius 2 is 0.559 bits per heavy atom. The molecule has 24 heterocycles. The van der Waals surface area contributed by atoms with E-state index in [9.17, 15) is 0 Å². The second-order valence-electron chi connectivity index (χ2n) is 45.7. The number of nitrogens with one attached hydrogen (secondary N) is 3. The average molecular weight is 1890 g/mol. The molecule has 20 aliphatic rings. The van der Waals surface area contributed by atoms with Crippen LogP contribution in [-0.2, 0) is 0 Å². The fourth-order valence-corrected chi connectivity index (χ4v) is 66.6. The zero-order chi connectivity index (χ0) is 93.7. The first-order valence-corrected chi connectivity index (χ1v) is 60.5. The molecule has 11 nitrogen and oxygen atoms in total. The molecule has 12 fully saturated rings. The van der Waals surface area contributed by atoms with Crippen molar-refractivity contribution in [2.75, 3.05) is 15.3 Å². The summed E-state index contributed by atoms with van der Waals surface area (Å²) in [6.07, 6.45) is 2.33. The summed E-state index contributed by atoms with van der Waals surface area (Å²) in [7, 11) is 0.549. The van der Waals surface area contributed by atoms with Crippen LogP contribution in [0.5, 0.6) is 46.0 Å².